The second-order valence-corrected chi connectivity index (χ2v) is 1.90. The molecule has 1 nitrogen and oxygen atoms in total. The standard InChI is InChI=1S/C6H5ClN.ClH.Zn/c1-5-4-6(7)2-3-8-5;;/h2-4H,1H2;1H;/q-1;;. The van der Waals surface area contributed by atoms with Crippen molar-refractivity contribution in [2.75, 3.05) is 0 Å². The van der Waals surface area contributed by atoms with Crippen molar-refractivity contribution in [2.24, 2.45) is 0 Å². The number of rotatable bonds is 0. The number of aromatic nitrogens is 1. The molecule has 4 heteroatoms. The van der Waals surface area contributed by atoms with E-state index in [0.29, 0.717) is 10.7 Å². The molecule has 1 heterocycles. The second-order valence-electron chi connectivity index (χ2n) is 1.47. The zero-order chi connectivity index (χ0) is 5.98. The van der Waals surface area contributed by atoms with Gasteiger partial charge in [-0.2, -0.15) is 6.07 Å². The number of halogens is 2. The molecule has 0 fully saturated rings. The molecule has 0 amide bonds. The third-order valence-electron chi connectivity index (χ3n) is 0.779. The molecule has 0 aliphatic heterocycles. The largest absolute Gasteiger partial charge is 0.296 e. The molecule has 0 aliphatic rings. The molecule has 0 radical (unpaired) electrons. The van der Waals surface area contributed by atoms with Gasteiger partial charge in [0.05, 0.1) is 0 Å². The number of nitrogens with zero attached hydrogens (tertiary/aromatic N) is 1. The minimum atomic E-state index is 0. The first-order valence-corrected chi connectivity index (χ1v) is 2.60. The smallest absolute Gasteiger partial charge is 0.0236 e. The van der Waals surface area contributed by atoms with E-state index in [1.54, 1.807) is 18.3 Å². The molecule has 0 saturated carbocycles. The van der Waals surface area contributed by atoms with Crippen LogP contribution in [0, 0.1) is 6.92 Å². The van der Waals surface area contributed by atoms with Gasteiger partial charge in [-0.05, 0) is 11.1 Å². The van der Waals surface area contributed by atoms with Crippen LogP contribution in [0.3, 0.4) is 0 Å². The molecule has 0 atom stereocenters. The summed E-state index contributed by atoms with van der Waals surface area (Å²) in [6.07, 6.45) is 1.63. The average molecular weight is 228 g/mol. The molecule has 0 aromatic carbocycles. The maximum Gasteiger partial charge on any atom is 0.0236 e. The molecule has 0 bridgehead atoms. The van der Waals surface area contributed by atoms with Crippen LogP contribution in [0.2, 0.25) is 5.02 Å². The minimum absolute atomic E-state index is 0. The van der Waals surface area contributed by atoms with Crippen LogP contribution in [0.15, 0.2) is 18.3 Å². The first kappa shape index (κ1) is 12.9. The first-order valence-electron chi connectivity index (χ1n) is 2.22. The second kappa shape index (κ2) is 5.97. The fourth-order valence-electron chi connectivity index (χ4n) is 0.449. The Balaban J connectivity index is 0. The molecule has 1 aromatic rings. The van der Waals surface area contributed by atoms with E-state index < -0.39 is 0 Å². The summed E-state index contributed by atoms with van der Waals surface area (Å²) in [5, 5.41) is 0.685. The quantitative estimate of drug-likeness (QED) is 0.491. The van der Waals surface area contributed by atoms with Crippen LogP contribution in [-0.2, 0) is 19.5 Å². The van der Waals surface area contributed by atoms with Crippen LogP contribution in [-0.4, -0.2) is 4.98 Å². The van der Waals surface area contributed by atoms with Crippen LogP contribution >= 0.6 is 24.0 Å². The summed E-state index contributed by atoms with van der Waals surface area (Å²) in [6, 6.07) is 3.43. The first-order chi connectivity index (χ1) is 3.79. The topological polar surface area (TPSA) is 12.9 Å². The van der Waals surface area contributed by atoms with Gasteiger partial charge in [-0.3, -0.25) is 4.98 Å². The Morgan fingerprint density at radius 2 is 2.10 bits per heavy atom. The third kappa shape index (κ3) is 4.11. The molecule has 10 heavy (non-hydrogen) atoms. The Hall–Kier alpha value is 0.223. The predicted octanol–water partition coefficient (Wildman–Crippen LogP) is 2.34. The SMILES string of the molecule is Cl.[CH2-]c1cc(Cl)ccn1.[Zn]. The van der Waals surface area contributed by atoms with E-state index in [9.17, 15) is 0 Å². The maximum absolute atomic E-state index is 5.56. The molecule has 0 N–H and O–H groups in total. The Morgan fingerprint density at radius 1 is 1.50 bits per heavy atom. The van der Waals surface area contributed by atoms with Crippen LogP contribution < -0.4 is 0 Å². The molecule has 0 aliphatic carbocycles. The number of pyridine rings is 1. The Labute approximate surface area is 84.4 Å². The molecular formula is C6H6Cl2NZn-. The Morgan fingerprint density at radius 3 is 2.40 bits per heavy atom. The number of hydrogen-bond donors (Lipinski definition) is 0. The van der Waals surface area contributed by atoms with Crippen molar-refractivity contribution in [3.63, 3.8) is 0 Å². The van der Waals surface area contributed by atoms with Crippen molar-refractivity contribution in [1.82, 2.24) is 4.98 Å². The van der Waals surface area contributed by atoms with Crippen molar-refractivity contribution < 1.29 is 19.5 Å². The van der Waals surface area contributed by atoms with Crippen molar-refractivity contribution in [3.8, 4) is 0 Å². The summed E-state index contributed by atoms with van der Waals surface area (Å²) in [4.78, 5) is 3.84. The predicted molar refractivity (Wildman–Crippen MR) is 41.0 cm³/mol. The van der Waals surface area contributed by atoms with Gasteiger partial charge in [0.1, 0.15) is 0 Å². The molecule has 52 valence electrons. The monoisotopic (exact) mass is 226 g/mol. The van der Waals surface area contributed by atoms with Crippen molar-refractivity contribution in [2.45, 2.75) is 0 Å². The molecule has 0 spiro atoms. The van der Waals surface area contributed by atoms with E-state index in [-0.39, 0.29) is 31.9 Å². The van der Waals surface area contributed by atoms with E-state index in [4.69, 9.17) is 11.6 Å². The van der Waals surface area contributed by atoms with E-state index in [0.717, 1.165) is 0 Å². The molecule has 0 saturated heterocycles. The normalized spacial score (nSPS) is 7.30. The van der Waals surface area contributed by atoms with Crippen molar-refractivity contribution >= 4 is 24.0 Å². The molecule has 1 rings (SSSR count). The summed E-state index contributed by atoms with van der Waals surface area (Å²) in [5.41, 5.74) is 0.706. The fourth-order valence-corrected chi connectivity index (χ4v) is 0.631. The Kier molecular flexibility index (Phi) is 7.67. The summed E-state index contributed by atoms with van der Waals surface area (Å²) >= 11 is 5.56. The van der Waals surface area contributed by atoms with Crippen LogP contribution in [0.1, 0.15) is 5.69 Å². The van der Waals surface area contributed by atoms with Gasteiger partial charge in [-0.1, -0.05) is 0 Å². The van der Waals surface area contributed by atoms with E-state index in [2.05, 4.69) is 11.9 Å². The van der Waals surface area contributed by atoms with Gasteiger partial charge in [0.25, 0.3) is 0 Å². The van der Waals surface area contributed by atoms with E-state index in [1.807, 2.05) is 0 Å². The maximum atomic E-state index is 5.56. The van der Waals surface area contributed by atoms with Gasteiger partial charge < -0.3 is 0 Å². The van der Waals surface area contributed by atoms with Gasteiger partial charge in [0, 0.05) is 25.7 Å². The summed E-state index contributed by atoms with van der Waals surface area (Å²) in [7, 11) is 0. The average Bonchev–Trinajstić information content (AvgIpc) is 1.64. The summed E-state index contributed by atoms with van der Waals surface area (Å²) < 4.78 is 0. The molecular weight excluding hydrogens is 222 g/mol. The Bertz CT molecular complexity index is 176. The number of hydrogen-bond acceptors (Lipinski definition) is 1. The zero-order valence-corrected chi connectivity index (χ0v) is 9.92. The van der Waals surface area contributed by atoms with E-state index in [1.165, 1.54) is 0 Å². The molecule has 1 aromatic heterocycles. The molecule has 0 unspecified atom stereocenters. The van der Waals surface area contributed by atoms with Gasteiger partial charge in [0.15, 0.2) is 0 Å². The van der Waals surface area contributed by atoms with Gasteiger partial charge in [-0.15, -0.1) is 29.7 Å². The summed E-state index contributed by atoms with van der Waals surface area (Å²) in [5.74, 6) is 0. The van der Waals surface area contributed by atoms with Crippen LogP contribution in [0.5, 0.6) is 0 Å². The minimum Gasteiger partial charge on any atom is -0.296 e. The van der Waals surface area contributed by atoms with Crippen LogP contribution in [0.25, 0.3) is 0 Å². The van der Waals surface area contributed by atoms with Crippen LogP contribution in [0.4, 0.5) is 0 Å². The third-order valence-corrected chi connectivity index (χ3v) is 1.01. The zero-order valence-electron chi connectivity index (χ0n) is 5.38. The van der Waals surface area contributed by atoms with Crippen molar-refractivity contribution in [3.05, 3.63) is 36.0 Å². The van der Waals surface area contributed by atoms with Gasteiger partial charge in [-0.25, -0.2) is 6.92 Å². The summed E-state index contributed by atoms with van der Waals surface area (Å²) in [6.45, 7) is 3.59. The van der Waals surface area contributed by atoms with E-state index >= 15 is 0 Å². The van der Waals surface area contributed by atoms with Gasteiger partial charge >= 0.3 is 0 Å². The fraction of sp³-hybridized carbons (Fsp3) is 0. The van der Waals surface area contributed by atoms with Crippen molar-refractivity contribution in [1.29, 1.82) is 0 Å². The van der Waals surface area contributed by atoms with Gasteiger partial charge in [0.2, 0.25) is 0 Å².